The topological polar surface area (TPSA) is 75.7 Å². The third-order valence-corrected chi connectivity index (χ3v) is 6.08. The fourth-order valence-corrected chi connectivity index (χ4v) is 4.16. The first-order valence-corrected chi connectivity index (χ1v) is 11.7. The first kappa shape index (κ1) is 22.4. The van der Waals surface area contributed by atoms with Crippen LogP contribution in [-0.2, 0) is 16.6 Å². The summed E-state index contributed by atoms with van der Waals surface area (Å²) in [7, 11) is -2.02. The first-order chi connectivity index (χ1) is 14.8. The van der Waals surface area contributed by atoms with E-state index in [-0.39, 0.29) is 18.5 Å². The smallest absolute Gasteiger partial charge is 0.253 e. The van der Waals surface area contributed by atoms with Crippen molar-refractivity contribution < 1.29 is 17.9 Å². The molecule has 7 heteroatoms. The van der Waals surface area contributed by atoms with Crippen LogP contribution in [0, 0.1) is 0 Å². The molecular formula is C24H26N2O4S. The Hall–Kier alpha value is -3.32. The summed E-state index contributed by atoms with van der Waals surface area (Å²) in [6.07, 6.45) is 1.14. The molecule has 0 aliphatic carbocycles. The van der Waals surface area contributed by atoms with Gasteiger partial charge in [0.1, 0.15) is 5.75 Å². The number of sulfonamides is 1. The summed E-state index contributed by atoms with van der Waals surface area (Å²) in [5.74, 6) is 0.387. The van der Waals surface area contributed by atoms with E-state index in [1.54, 1.807) is 31.4 Å². The van der Waals surface area contributed by atoms with Gasteiger partial charge in [0.2, 0.25) is 10.0 Å². The van der Waals surface area contributed by atoms with Crippen LogP contribution in [0.5, 0.6) is 5.75 Å². The Balaban J connectivity index is 1.88. The van der Waals surface area contributed by atoms with E-state index in [1.807, 2.05) is 61.5 Å². The number of amides is 1. The van der Waals surface area contributed by atoms with Gasteiger partial charge in [-0.15, -0.1) is 0 Å². The van der Waals surface area contributed by atoms with E-state index in [0.717, 1.165) is 23.1 Å². The average Bonchev–Trinajstić information content (AvgIpc) is 2.77. The minimum absolute atomic E-state index is 0.137. The van der Waals surface area contributed by atoms with Gasteiger partial charge in [0.05, 0.1) is 37.2 Å². The lowest BCUT2D eigenvalue weighted by Gasteiger charge is -2.25. The summed E-state index contributed by atoms with van der Waals surface area (Å²) >= 11 is 0. The Kier molecular flexibility index (Phi) is 6.97. The van der Waals surface area contributed by atoms with Gasteiger partial charge in [-0.3, -0.25) is 9.10 Å². The van der Waals surface area contributed by atoms with Gasteiger partial charge in [0, 0.05) is 0 Å². The van der Waals surface area contributed by atoms with Crippen molar-refractivity contribution in [2.24, 2.45) is 0 Å². The van der Waals surface area contributed by atoms with Crippen molar-refractivity contribution in [1.29, 1.82) is 0 Å². The van der Waals surface area contributed by atoms with Crippen LogP contribution in [0.15, 0.2) is 78.9 Å². The molecule has 1 atom stereocenters. The zero-order valence-corrected chi connectivity index (χ0v) is 18.6. The SMILES string of the molecule is COc1ccc([C@H](C)NC(=O)c2ccccc2N(Cc2ccccc2)S(C)(=O)=O)cc1. The molecule has 0 aliphatic heterocycles. The number of carbonyl (C=O) groups is 1. The average molecular weight is 439 g/mol. The molecule has 0 radical (unpaired) electrons. The predicted octanol–water partition coefficient (Wildman–Crippen LogP) is 4.15. The highest BCUT2D eigenvalue weighted by atomic mass is 32.2. The number of hydrogen-bond acceptors (Lipinski definition) is 4. The van der Waals surface area contributed by atoms with E-state index >= 15 is 0 Å². The van der Waals surface area contributed by atoms with Crippen molar-refractivity contribution in [2.75, 3.05) is 17.7 Å². The van der Waals surface area contributed by atoms with Gasteiger partial charge in [-0.2, -0.15) is 0 Å². The maximum absolute atomic E-state index is 13.1. The molecule has 0 heterocycles. The van der Waals surface area contributed by atoms with E-state index in [1.165, 1.54) is 4.31 Å². The molecule has 3 rings (SSSR count). The lowest BCUT2D eigenvalue weighted by Crippen LogP contribution is -2.33. The molecule has 0 unspecified atom stereocenters. The quantitative estimate of drug-likeness (QED) is 0.573. The van der Waals surface area contributed by atoms with E-state index in [9.17, 15) is 13.2 Å². The number of methoxy groups -OCH3 is 1. The molecule has 0 aromatic heterocycles. The van der Waals surface area contributed by atoms with Crippen LogP contribution in [0.2, 0.25) is 0 Å². The van der Waals surface area contributed by atoms with Crippen LogP contribution >= 0.6 is 0 Å². The van der Waals surface area contributed by atoms with Gasteiger partial charge in [-0.05, 0) is 42.3 Å². The van der Waals surface area contributed by atoms with Crippen molar-refractivity contribution in [3.8, 4) is 5.75 Å². The first-order valence-electron chi connectivity index (χ1n) is 9.85. The molecule has 0 saturated carbocycles. The van der Waals surface area contributed by atoms with Gasteiger partial charge in [0.25, 0.3) is 5.91 Å². The second-order valence-electron chi connectivity index (χ2n) is 7.24. The van der Waals surface area contributed by atoms with Crippen molar-refractivity contribution in [3.63, 3.8) is 0 Å². The van der Waals surface area contributed by atoms with E-state index < -0.39 is 10.0 Å². The minimum atomic E-state index is -3.62. The largest absolute Gasteiger partial charge is 0.497 e. The third-order valence-electron chi connectivity index (χ3n) is 4.95. The maximum Gasteiger partial charge on any atom is 0.253 e. The summed E-state index contributed by atoms with van der Waals surface area (Å²) in [6, 6.07) is 23.2. The van der Waals surface area contributed by atoms with Gasteiger partial charge in [-0.1, -0.05) is 54.6 Å². The number of nitrogens with one attached hydrogen (secondary N) is 1. The second kappa shape index (κ2) is 9.66. The molecule has 0 aliphatic rings. The maximum atomic E-state index is 13.1. The van der Waals surface area contributed by atoms with Crippen LogP contribution in [0.4, 0.5) is 5.69 Å². The Morgan fingerprint density at radius 2 is 1.58 bits per heavy atom. The zero-order valence-electron chi connectivity index (χ0n) is 17.8. The second-order valence-corrected chi connectivity index (χ2v) is 9.15. The number of nitrogens with zero attached hydrogens (tertiary/aromatic N) is 1. The fraction of sp³-hybridized carbons (Fsp3) is 0.208. The summed E-state index contributed by atoms with van der Waals surface area (Å²) in [5.41, 5.74) is 2.38. The highest BCUT2D eigenvalue weighted by Gasteiger charge is 2.24. The van der Waals surface area contributed by atoms with Gasteiger partial charge in [0.15, 0.2) is 0 Å². The third kappa shape index (κ3) is 5.64. The Bertz CT molecular complexity index is 1130. The molecule has 0 saturated heterocycles. The van der Waals surface area contributed by atoms with Crippen LogP contribution in [0.3, 0.4) is 0 Å². The van der Waals surface area contributed by atoms with Crippen LogP contribution in [0.25, 0.3) is 0 Å². The van der Waals surface area contributed by atoms with Crippen LogP contribution < -0.4 is 14.4 Å². The molecule has 0 bridgehead atoms. The lowest BCUT2D eigenvalue weighted by molar-refractivity contribution is 0.0940. The standard InChI is InChI=1S/C24H26N2O4S/c1-18(20-13-15-21(30-2)16-14-20)25-24(27)22-11-7-8-12-23(22)26(31(3,28)29)17-19-9-5-4-6-10-19/h4-16,18H,17H2,1-3H3,(H,25,27)/t18-/m0/s1. The molecular weight excluding hydrogens is 412 g/mol. The molecule has 0 fully saturated rings. The number of anilines is 1. The van der Waals surface area contributed by atoms with Crippen LogP contribution in [0.1, 0.15) is 34.5 Å². The van der Waals surface area contributed by atoms with E-state index in [2.05, 4.69) is 5.32 Å². The Morgan fingerprint density at radius 3 is 2.19 bits per heavy atom. The molecule has 1 N–H and O–H groups in total. The molecule has 3 aromatic rings. The summed E-state index contributed by atoms with van der Waals surface area (Å²) in [5, 5.41) is 2.96. The fourth-order valence-electron chi connectivity index (χ4n) is 3.26. The highest BCUT2D eigenvalue weighted by molar-refractivity contribution is 7.92. The number of rotatable bonds is 8. The molecule has 1 amide bonds. The van der Waals surface area contributed by atoms with Crippen molar-refractivity contribution >= 4 is 21.6 Å². The van der Waals surface area contributed by atoms with E-state index in [0.29, 0.717) is 11.3 Å². The summed E-state index contributed by atoms with van der Waals surface area (Å²) < 4.78 is 31.6. The van der Waals surface area contributed by atoms with Gasteiger partial charge >= 0.3 is 0 Å². The summed E-state index contributed by atoms with van der Waals surface area (Å²) in [4.78, 5) is 13.1. The lowest BCUT2D eigenvalue weighted by atomic mass is 10.1. The number of carbonyl (C=O) groups excluding carboxylic acids is 1. The predicted molar refractivity (Wildman–Crippen MR) is 123 cm³/mol. The number of hydrogen-bond donors (Lipinski definition) is 1. The number of ether oxygens (including phenoxy) is 1. The van der Waals surface area contributed by atoms with E-state index in [4.69, 9.17) is 4.74 Å². The van der Waals surface area contributed by atoms with Gasteiger partial charge in [-0.25, -0.2) is 8.42 Å². The number of benzene rings is 3. The number of para-hydroxylation sites is 1. The van der Waals surface area contributed by atoms with Crippen LogP contribution in [-0.4, -0.2) is 27.7 Å². The van der Waals surface area contributed by atoms with Crippen molar-refractivity contribution in [3.05, 3.63) is 95.6 Å². The normalized spacial score (nSPS) is 12.1. The Morgan fingerprint density at radius 1 is 0.968 bits per heavy atom. The molecule has 31 heavy (non-hydrogen) atoms. The highest BCUT2D eigenvalue weighted by Crippen LogP contribution is 2.26. The van der Waals surface area contributed by atoms with Gasteiger partial charge < -0.3 is 10.1 Å². The summed E-state index contributed by atoms with van der Waals surface area (Å²) in [6.45, 7) is 2.01. The molecule has 0 spiro atoms. The van der Waals surface area contributed by atoms with Crippen molar-refractivity contribution in [2.45, 2.75) is 19.5 Å². The zero-order chi connectivity index (χ0) is 22.4. The Labute approximate surface area is 183 Å². The molecule has 162 valence electrons. The monoisotopic (exact) mass is 438 g/mol. The molecule has 3 aromatic carbocycles. The molecule has 6 nitrogen and oxygen atoms in total. The van der Waals surface area contributed by atoms with Crippen molar-refractivity contribution in [1.82, 2.24) is 5.32 Å². The minimum Gasteiger partial charge on any atom is -0.497 e.